The smallest absolute Gasteiger partial charge is 0.306 e. The summed E-state index contributed by atoms with van der Waals surface area (Å²) in [5.41, 5.74) is 3.32. The fourth-order valence-electron chi connectivity index (χ4n) is 3.17. The van der Waals surface area contributed by atoms with Crippen molar-refractivity contribution < 1.29 is 19.1 Å². The van der Waals surface area contributed by atoms with Crippen LogP contribution < -0.4 is 10.6 Å². The van der Waals surface area contributed by atoms with Gasteiger partial charge in [0.15, 0.2) is 6.61 Å². The molecule has 0 aliphatic carbocycles. The zero-order valence-corrected chi connectivity index (χ0v) is 17.0. The van der Waals surface area contributed by atoms with E-state index in [1.165, 1.54) is 0 Å². The largest absolute Gasteiger partial charge is 0.456 e. The summed E-state index contributed by atoms with van der Waals surface area (Å²) in [5.74, 6) is -1.30. The highest BCUT2D eigenvalue weighted by Gasteiger charge is 2.13. The highest BCUT2D eigenvalue weighted by Crippen LogP contribution is 2.23. The maximum absolute atomic E-state index is 12.1. The lowest BCUT2D eigenvalue weighted by Crippen LogP contribution is -2.22. The van der Waals surface area contributed by atoms with Crippen LogP contribution in [0.3, 0.4) is 0 Å². The van der Waals surface area contributed by atoms with Crippen molar-refractivity contribution in [2.45, 2.75) is 26.7 Å². The molecule has 0 unspecified atom stereocenters. The molecule has 0 bridgehead atoms. The fraction of sp³-hybridized carbons (Fsp3) is 0.208. The van der Waals surface area contributed by atoms with Crippen molar-refractivity contribution in [3.8, 4) is 0 Å². The summed E-state index contributed by atoms with van der Waals surface area (Å²) in [6.45, 7) is 3.41. The van der Waals surface area contributed by atoms with Gasteiger partial charge in [-0.2, -0.15) is 0 Å². The van der Waals surface area contributed by atoms with Crippen molar-refractivity contribution in [3.05, 3.63) is 71.8 Å². The number of nitrogens with one attached hydrogen (secondary N) is 2. The second-order valence-electron chi connectivity index (χ2n) is 7.05. The van der Waals surface area contributed by atoms with E-state index in [0.717, 1.165) is 27.6 Å². The van der Waals surface area contributed by atoms with Gasteiger partial charge in [-0.25, -0.2) is 0 Å². The van der Waals surface area contributed by atoms with Gasteiger partial charge in [-0.3, -0.25) is 14.4 Å². The van der Waals surface area contributed by atoms with Crippen molar-refractivity contribution in [2.24, 2.45) is 0 Å². The lowest BCUT2D eigenvalue weighted by molar-refractivity contribution is -0.147. The van der Waals surface area contributed by atoms with Gasteiger partial charge in [0, 0.05) is 23.2 Å². The Balaban J connectivity index is 1.45. The minimum Gasteiger partial charge on any atom is -0.456 e. The van der Waals surface area contributed by atoms with Gasteiger partial charge in [-0.15, -0.1) is 0 Å². The number of anilines is 2. The maximum Gasteiger partial charge on any atom is 0.306 e. The molecule has 0 fully saturated rings. The van der Waals surface area contributed by atoms with Crippen LogP contribution in [0.25, 0.3) is 10.8 Å². The first-order valence-corrected chi connectivity index (χ1v) is 9.73. The standard InChI is InChI=1S/C24H24N2O4/c1-16-7-5-8-17(2)24(16)26-21(27)13-14-23(29)30-15-22(28)25-20-12-6-10-18-9-3-4-11-19(18)20/h3-12H,13-15H2,1-2H3,(H,25,28)(H,26,27). The molecule has 3 aromatic carbocycles. The van der Waals surface area contributed by atoms with Gasteiger partial charge in [-0.05, 0) is 36.4 Å². The summed E-state index contributed by atoms with van der Waals surface area (Å²) in [4.78, 5) is 36.2. The summed E-state index contributed by atoms with van der Waals surface area (Å²) in [7, 11) is 0. The Kier molecular flexibility index (Phi) is 6.80. The molecule has 0 aliphatic heterocycles. The van der Waals surface area contributed by atoms with Gasteiger partial charge in [0.05, 0.1) is 6.42 Å². The SMILES string of the molecule is Cc1cccc(C)c1NC(=O)CCC(=O)OCC(=O)Nc1cccc2ccccc12. The molecule has 6 nitrogen and oxygen atoms in total. The van der Waals surface area contributed by atoms with Crippen molar-refractivity contribution in [3.63, 3.8) is 0 Å². The van der Waals surface area contributed by atoms with E-state index >= 15 is 0 Å². The number of para-hydroxylation sites is 1. The predicted molar refractivity (Wildman–Crippen MR) is 117 cm³/mol. The number of hydrogen-bond donors (Lipinski definition) is 2. The molecule has 0 saturated heterocycles. The van der Waals surface area contributed by atoms with Crippen LogP contribution >= 0.6 is 0 Å². The van der Waals surface area contributed by atoms with Crippen molar-refractivity contribution >= 4 is 39.9 Å². The summed E-state index contributed by atoms with van der Waals surface area (Å²) in [6, 6.07) is 19.0. The molecule has 2 amide bonds. The van der Waals surface area contributed by atoms with Gasteiger partial charge in [0.25, 0.3) is 5.91 Å². The molecular formula is C24H24N2O4. The van der Waals surface area contributed by atoms with Gasteiger partial charge in [-0.1, -0.05) is 54.6 Å². The lowest BCUT2D eigenvalue weighted by atomic mass is 10.1. The Morgan fingerprint density at radius 3 is 2.20 bits per heavy atom. The number of ether oxygens (including phenoxy) is 1. The molecule has 154 valence electrons. The monoisotopic (exact) mass is 404 g/mol. The number of esters is 1. The molecule has 0 radical (unpaired) electrons. The van der Waals surface area contributed by atoms with Crippen LogP contribution in [-0.2, 0) is 19.1 Å². The average Bonchev–Trinajstić information content (AvgIpc) is 2.74. The number of benzene rings is 3. The summed E-state index contributed by atoms with van der Waals surface area (Å²) < 4.78 is 5.01. The van der Waals surface area contributed by atoms with E-state index in [0.29, 0.717) is 5.69 Å². The summed E-state index contributed by atoms with van der Waals surface area (Å²) in [5, 5.41) is 7.48. The van der Waals surface area contributed by atoms with Gasteiger partial charge in [0.1, 0.15) is 0 Å². The molecule has 3 rings (SSSR count). The van der Waals surface area contributed by atoms with E-state index in [1.807, 2.05) is 68.4 Å². The molecule has 0 atom stereocenters. The van der Waals surface area contributed by atoms with Crippen molar-refractivity contribution in [2.75, 3.05) is 17.2 Å². The normalized spacial score (nSPS) is 10.5. The molecular weight excluding hydrogens is 380 g/mol. The highest BCUT2D eigenvalue weighted by atomic mass is 16.5. The first-order chi connectivity index (χ1) is 14.4. The predicted octanol–water partition coefficient (Wildman–Crippen LogP) is 4.36. The Morgan fingerprint density at radius 2 is 1.43 bits per heavy atom. The van der Waals surface area contributed by atoms with Crippen LogP contribution in [0.15, 0.2) is 60.7 Å². The molecule has 30 heavy (non-hydrogen) atoms. The summed E-state index contributed by atoms with van der Waals surface area (Å²) in [6.07, 6.45) is -0.115. The quantitative estimate of drug-likeness (QED) is 0.573. The van der Waals surface area contributed by atoms with E-state index in [2.05, 4.69) is 10.6 Å². The van der Waals surface area contributed by atoms with Crippen molar-refractivity contribution in [1.82, 2.24) is 0 Å². The van der Waals surface area contributed by atoms with E-state index in [-0.39, 0.29) is 18.7 Å². The fourth-order valence-corrected chi connectivity index (χ4v) is 3.17. The zero-order valence-electron chi connectivity index (χ0n) is 17.0. The number of carbonyl (C=O) groups is 3. The Morgan fingerprint density at radius 1 is 0.767 bits per heavy atom. The van der Waals surface area contributed by atoms with E-state index < -0.39 is 18.5 Å². The molecule has 3 aromatic rings. The number of carbonyl (C=O) groups excluding carboxylic acids is 3. The van der Waals surface area contributed by atoms with Crippen LogP contribution in [0.2, 0.25) is 0 Å². The third kappa shape index (κ3) is 5.44. The third-order valence-corrected chi connectivity index (χ3v) is 4.73. The number of amides is 2. The van der Waals surface area contributed by atoms with E-state index in [9.17, 15) is 14.4 Å². The molecule has 0 spiro atoms. The molecule has 0 heterocycles. The van der Waals surface area contributed by atoms with Gasteiger partial charge in [0.2, 0.25) is 5.91 Å². The van der Waals surface area contributed by atoms with E-state index in [1.54, 1.807) is 6.07 Å². The summed E-state index contributed by atoms with van der Waals surface area (Å²) >= 11 is 0. The number of hydrogen-bond acceptors (Lipinski definition) is 4. The highest BCUT2D eigenvalue weighted by molar-refractivity contribution is 6.02. The maximum atomic E-state index is 12.1. The first-order valence-electron chi connectivity index (χ1n) is 9.73. The van der Waals surface area contributed by atoms with E-state index in [4.69, 9.17) is 4.74 Å². The van der Waals surface area contributed by atoms with Crippen LogP contribution in [0.4, 0.5) is 11.4 Å². The van der Waals surface area contributed by atoms with Crippen LogP contribution in [0.1, 0.15) is 24.0 Å². The first kappa shape index (κ1) is 21.0. The van der Waals surface area contributed by atoms with Crippen LogP contribution in [0.5, 0.6) is 0 Å². The molecule has 6 heteroatoms. The van der Waals surface area contributed by atoms with Crippen LogP contribution in [-0.4, -0.2) is 24.4 Å². The minimum absolute atomic E-state index is 0.0163. The van der Waals surface area contributed by atoms with Gasteiger partial charge < -0.3 is 15.4 Å². The number of rotatable bonds is 7. The topological polar surface area (TPSA) is 84.5 Å². The van der Waals surface area contributed by atoms with Crippen molar-refractivity contribution in [1.29, 1.82) is 0 Å². The third-order valence-electron chi connectivity index (χ3n) is 4.73. The number of aryl methyl sites for hydroxylation is 2. The Labute approximate surface area is 175 Å². The average molecular weight is 404 g/mol. The molecule has 2 N–H and O–H groups in total. The minimum atomic E-state index is -0.597. The zero-order chi connectivity index (χ0) is 21.5. The second-order valence-corrected chi connectivity index (χ2v) is 7.05. The molecule has 0 aliphatic rings. The second kappa shape index (κ2) is 9.69. The molecule has 0 aromatic heterocycles. The Hall–Kier alpha value is -3.67. The van der Waals surface area contributed by atoms with Crippen LogP contribution in [0, 0.1) is 13.8 Å². The lowest BCUT2D eigenvalue weighted by Gasteiger charge is -2.11. The molecule has 0 saturated carbocycles. The van der Waals surface area contributed by atoms with Gasteiger partial charge >= 0.3 is 5.97 Å². The Bertz CT molecular complexity index is 1070. The number of fused-ring (bicyclic) bond motifs is 1.